The van der Waals surface area contributed by atoms with Gasteiger partial charge >= 0.3 is 0 Å². The fraction of sp³-hybridized carbons (Fsp3) is 0.286. The van der Waals surface area contributed by atoms with Crippen molar-refractivity contribution in [1.82, 2.24) is 20.0 Å². The van der Waals surface area contributed by atoms with Gasteiger partial charge in [0.2, 0.25) is 5.91 Å². The summed E-state index contributed by atoms with van der Waals surface area (Å²) in [6.07, 6.45) is 0.403. The van der Waals surface area contributed by atoms with E-state index >= 15 is 0 Å². The van der Waals surface area contributed by atoms with Crippen LogP contribution in [0.15, 0.2) is 48.5 Å². The summed E-state index contributed by atoms with van der Waals surface area (Å²) in [5.41, 5.74) is 2.07. The zero-order valence-electron chi connectivity index (χ0n) is 15.9. The molecule has 1 aliphatic rings. The highest BCUT2D eigenvalue weighted by Crippen LogP contribution is 2.18. The minimum Gasteiger partial charge on any atom is -0.335 e. The van der Waals surface area contributed by atoms with Crippen molar-refractivity contribution in [3.63, 3.8) is 0 Å². The number of aromatic nitrogens is 2. The van der Waals surface area contributed by atoms with Crippen molar-refractivity contribution in [2.45, 2.75) is 6.42 Å². The Kier molecular flexibility index (Phi) is 5.78. The number of carbonyl (C=O) groups is 2. The number of halogens is 1. The molecule has 0 saturated carbocycles. The number of nitrogens with zero attached hydrogens (tertiary/aromatic N) is 3. The fourth-order valence-corrected chi connectivity index (χ4v) is 3.59. The van der Waals surface area contributed by atoms with Crippen LogP contribution in [0.2, 0.25) is 5.02 Å². The van der Waals surface area contributed by atoms with Gasteiger partial charge in [-0.05, 0) is 30.3 Å². The van der Waals surface area contributed by atoms with E-state index in [1.165, 1.54) is 0 Å². The molecule has 0 radical (unpaired) electrons. The highest BCUT2D eigenvalue weighted by atomic mass is 35.5. The molecule has 1 saturated heterocycles. The molecule has 1 aliphatic heterocycles. The van der Waals surface area contributed by atoms with Crippen molar-refractivity contribution in [2.75, 3.05) is 38.0 Å². The molecular formula is C21H22ClN5O2. The van der Waals surface area contributed by atoms with Gasteiger partial charge in [0.05, 0.1) is 5.52 Å². The van der Waals surface area contributed by atoms with Crippen molar-refractivity contribution >= 4 is 40.0 Å². The van der Waals surface area contributed by atoms with Crippen LogP contribution in [-0.4, -0.2) is 64.5 Å². The molecule has 29 heavy (non-hydrogen) atoms. The van der Waals surface area contributed by atoms with Crippen molar-refractivity contribution in [3.05, 3.63) is 59.2 Å². The zero-order chi connectivity index (χ0) is 20.2. The highest BCUT2D eigenvalue weighted by molar-refractivity contribution is 6.30. The van der Waals surface area contributed by atoms with Gasteiger partial charge in [0.1, 0.15) is 0 Å². The normalized spacial score (nSPS) is 14.9. The minimum atomic E-state index is -0.0532. The maximum Gasteiger partial charge on any atom is 0.275 e. The second-order valence-electron chi connectivity index (χ2n) is 7.06. The number of rotatable bonds is 5. The van der Waals surface area contributed by atoms with Crippen LogP contribution >= 0.6 is 11.6 Å². The molecule has 2 N–H and O–H groups in total. The lowest BCUT2D eigenvalue weighted by Crippen LogP contribution is -2.49. The second-order valence-corrected chi connectivity index (χ2v) is 7.49. The molecule has 0 bridgehead atoms. The van der Waals surface area contributed by atoms with Gasteiger partial charge in [0, 0.05) is 55.2 Å². The van der Waals surface area contributed by atoms with Crippen LogP contribution < -0.4 is 5.32 Å². The van der Waals surface area contributed by atoms with E-state index in [2.05, 4.69) is 20.4 Å². The lowest BCUT2D eigenvalue weighted by atomic mass is 10.2. The van der Waals surface area contributed by atoms with E-state index in [1.54, 1.807) is 24.3 Å². The van der Waals surface area contributed by atoms with Crippen LogP contribution in [0.4, 0.5) is 5.69 Å². The van der Waals surface area contributed by atoms with Crippen LogP contribution in [0, 0.1) is 0 Å². The lowest BCUT2D eigenvalue weighted by Gasteiger charge is -2.34. The number of aromatic amines is 1. The molecule has 2 heterocycles. The maximum atomic E-state index is 12.8. The molecule has 0 aliphatic carbocycles. The Balaban J connectivity index is 1.25. The third-order valence-corrected chi connectivity index (χ3v) is 5.37. The quantitative estimate of drug-likeness (QED) is 0.676. The van der Waals surface area contributed by atoms with Crippen LogP contribution in [0.25, 0.3) is 10.9 Å². The number of amides is 2. The Morgan fingerprint density at radius 1 is 1.03 bits per heavy atom. The third-order valence-electron chi connectivity index (χ3n) is 5.12. The van der Waals surface area contributed by atoms with E-state index in [0.717, 1.165) is 29.7 Å². The Morgan fingerprint density at radius 3 is 2.52 bits per heavy atom. The summed E-state index contributed by atoms with van der Waals surface area (Å²) in [6, 6.07) is 14.7. The van der Waals surface area contributed by atoms with E-state index in [0.29, 0.717) is 36.8 Å². The minimum absolute atomic E-state index is 0.0335. The van der Waals surface area contributed by atoms with Gasteiger partial charge in [-0.3, -0.25) is 19.6 Å². The highest BCUT2D eigenvalue weighted by Gasteiger charge is 2.25. The monoisotopic (exact) mass is 411 g/mol. The number of hydrogen-bond acceptors (Lipinski definition) is 4. The van der Waals surface area contributed by atoms with Crippen molar-refractivity contribution in [1.29, 1.82) is 0 Å². The van der Waals surface area contributed by atoms with Crippen LogP contribution in [0.1, 0.15) is 16.9 Å². The van der Waals surface area contributed by atoms with Gasteiger partial charge in [0.25, 0.3) is 5.91 Å². The number of para-hydroxylation sites is 1. The third kappa shape index (κ3) is 4.58. The standard InChI is InChI=1S/C21H22ClN5O2/c22-15-5-7-16(8-6-15)23-19(28)9-10-26-11-13-27(14-12-26)21(29)20-17-3-1-2-4-18(17)24-25-20/h1-8H,9-14H2,(H,23,28)(H,24,25). The molecule has 0 atom stereocenters. The number of anilines is 1. The molecular weight excluding hydrogens is 390 g/mol. The van der Waals surface area contributed by atoms with Gasteiger partial charge in [-0.1, -0.05) is 29.8 Å². The molecule has 7 nitrogen and oxygen atoms in total. The zero-order valence-corrected chi connectivity index (χ0v) is 16.7. The van der Waals surface area contributed by atoms with Crippen molar-refractivity contribution < 1.29 is 9.59 Å². The van der Waals surface area contributed by atoms with Gasteiger partial charge in [-0.25, -0.2) is 0 Å². The van der Waals surface area contributed by atoms with Crippen LogP contribution in [-0.2, 0) is 4.79 Å². The number of hydrogen-bond donors (Lipinski definition) is 2. The lowest BCUT2D eigenvalue weighted by molar-refractivity contribution is -0.116. The molecule has 1 aromatic heterocycles. The second kappa shape index (κ2) is 8.63. The van der Waals surface area contributed by atoms with Gasteiger partial charge < -0.3 is 10.2 Å². The molecule has 1 fully saturated rings. The summed E-state index contributed by atoms with van der Waals surface area (Å²) in [6.45, 7) is 3.38. The number of benzene rings is 2. The molecule has 0 spiro atoms. The average molecular weight is 412 g/mol. The summed E-state index contributed by atoms with van der Waals surface area (Å²) in [4.78, 5) is 29.0. The van der Waals surface area contributed by atoms with E-state index in [1.807, 2.05) is 29.2 Å². The van der Waals surface area contributed by atoms with Crippen LogP contribution in [0.3, 0.4) is 0 Å². The average Bonchev–Trinajstić information content (AvgIpc) is 3.18. The first kappa shape index (κ1) is 19.4. The Labute approximate surface area is 173 Å². The van der Waals surface area contributed by atoms with Crippen molar-refractivity contribution in [2.24, 2.45) is 0 Å². The largest absolute Gasteiger partial charge is 0.335 e. The predicted octanol–water partition coefficient (Wildman–Crippen LogP) is 3.00. The molecule has 8 heteroatoms. The summed E-state index contributed by atoms with van der Waals surface area (Å²) in [5.74, 6) is -0.0867. The summed E-state index contributed by atoms with van der Waals surface area (Å²) in [5, 5.41) is 11.5. The Bertz CT molecular complexity index is 1010. The Morgan fingerprint density at radius 2 is 1.76 bits per heavy atom. The number of piperazine rings is 1. The van der Waals surface area contributed by atoms with Crippen LogP contribution in [0.5, 0.6) is 0 Å². The Hall–Kier alpha value is -2.90. The maximum absolute atomic E-state index is 12.8. The molecule has 2 amide bonds. The van der Waals surface area contributed by atoms with E-state index in [-0.39, 0.29) is 11.8 Å². The van der Waals surface area contributed by atoms with E-state index in [4.69, 9.17) is 11.6 Å². The smallest absolute Gasteiger partial charge is 0.275 e. The molecule has 4 rings (SSSR count). The van der Waals surface area contributed by atoms with Crippen molar-refractivity contribution in [3.8, 4) is 0 Å². The summed E-state index contributed by atoms with van der Waals surface area (Å²) < 4.78 is 0. The summed E-state index contributed by atoms with van der Waals surface area (Å²) >= 11 is 5.85. The number of H-pyrrole nitrogens is 1. The molecule has 150 valence electrons. The van der Waals surface area contributed by atoms with E-state index in [9.17, 15) is 9.59 Å². The number of nitrogens with one attached hydrogen (secondary N) is 2. The molecule has 2 aromatic carbocycles. The first-order valence-electron chi connectivity index (χ1n) is 9.60. The first-order chi connectivity index (χ1) is 14.1. The molecule has 3 aromatic rings. The first-order valence-corrected chi connectivity index (χ1v) is 9.98. The fourth-order valence-electron chi connectivity index (χ4n) is 3.47. The van der Waals surface area contributed by atoms with Gasteiger partial charge in [-0.15, -0.1) is 0 Å². The molecule has 0 unspecified atom stereocenters. The topological polar surface area (TPSA) is 81.3 Å². The number of fused-ring (bicyclic) bond motifs is 1. The van der Waals surface area contributed by atoms with Gasteiger partial charge in [0.15, 0.2) is 5.69 Å². The SMILES string of the molecule is O=C(CCN1CCN(C(=O)c2n[nH]c3ccccc23)CC1)Nc1ccc(Cl)cc1. The van der Waals surface area contributed by atoms with E-state index < -0.39 is 0 Å². The predicted molar refractivity (Wildman–Crippen MR) is 113 cm³/mol. The van der Waals surface area contributed by atoms with Gasteiger partial charge in [-0.2, -0.15) is 5.10 Å². The summed E-state index contributed by atoms with van der Waals surface area (Å²) in [7, 11) is 0. The number of carbonyl (C=O) groups excluding carboxylic acids is 2.